The van der Waals surface area contributed by atoms with Gasteiger partial charge in [-0.05, 0) is 30.3 Å². The molecule has 0 saturated heterocycles. The molecule has 0 radical (unpaired) electrons. The average molecular weight is 343 g/mol. The highest BCUT2D eigenvalue weighted by atomic mass is 35.5. The lowest BCUT2D eigenvalue weighted by molar-refractivity contribution is -0.385. The van der Waals surface area contributed by atoms with Crippen molar-refractivity contribution in [2.75, 3.05) is 11.8 Å². The fourth-order valence-corrected chi connectivity index (χ4v) is 3.06. The fraction of sp³-hybridized carbons (Fsp3) is 0.0769. The number of rotatable bonds is 5. The lowest BCUT2D eigenvalue weighted by Gasteiger charge is -2.11. The Bertz CT molecular complexity index is 806. The van der Waals surface area contributed by atoms with Crippen molar-refractivity contribution in [3.63, 3.8) is 0 Å². The van der Waals surface area contributed by atoms with Gasteiger partial charge in [-0.25, -0.2) is 8.42 Å². The molecule has 0 aliphatic heterocycles. The summed E-state index contributed by atoms with van der Waals surface area (Å²) in [6.07, 6.45) is 0. The van der Waals surface area contributed by atoms with Crippen molar-refractivity contribution < 1.29 is 18.1 Å². The highest BCUT2D eigenvalue weighted by molar-refractivity contribution is 7.92. The van der Waals surface area contributed by atoms with E-state index in [0.717, 1.165) is 18.2 Å². The summed E-state index contributed by atoms with van der Waals surface area (Å²) in [5, 5.41) is 11.2. The highest BCUT2D eigenvalue weighted by Gasteiger charge is 2.22. The number of halogens is 1. The molecule has 7 nitrogen and oxygen atoms in total. The molecule has 0 aliphatic rings. The Labute approximate surface area is 131 Å². The maximum absolute atomic E-state index is 12.4. The first-order valence-electron chi connectivity index (χ1n) is 5.94. The number of benzene rings is 2. The molecule has 0 aliphatic carbocycles. The number of methoxy groups -OCH3 is 1. The van der Waals surface area contributed by atoms with Gasteiger partial charge in [-0.15, -0.1) is 0 Å². The average Bonchev–Trinajstić information content (AvgIpc) is 2.48. The molecule has 0 spiro atoms. The van der Waals surface area contributed by atoms with Crippen LogP contribution in [0.2, 0.25) is 5.02 Å². The number of nitrogens with zero attached hydrogens (tertiary/aromatic N) is 1. The van der Waals surface area contributed by atoms with Crippen LogP contribution in [0.15, 0.2) is 47.4 Å². The molecule has 2 aromatic carbocycles. The molecule has 0 heterocycles. The largest absolute Gasteiger partial charge is 0.495 e. The van der Waals surface area contributed by atoms with Crippen LogP contribution < -0.4 is 9.46 Å². The van der Waals surface area contributed by atoms with Crippen LogP contribution in [0.1, 0.15) is 0 Å². The van der Waals surface area contributed by atoms with E-state index in [0.29, 0.717) is 10.7 Å². The quantitative estimate of drug-likeness (QED) is 0.665. The molecule has 0 aromatic heterocycles. The first-order chi connectivity index (χ1) is 10.3. The summed E-state index contributed by atoms with van der Waals surface area (Å²) in [6, 6.07) is 9.33. The van der Waals surface area contributed by atoms with Crippen molar-refractivity contribution >= 4 is 33.0 Å². The van der Waals surface area contributed by atoms with Crippen molar-refractivity contribution in [1.29, 1.82) is 0 Å². The first-order valence-corrected chi connectivity index (χ1v) is 7.80. The summed E-state index contributed by atoms with van der Waals surface area (Å²) < 4.78 is 32.0. The van der Waals surface area contributed by atoms with Crippen molar-refractivity contribution in [2.24, 2.45) is 0 Å². The van der Waals surface area contributed by atoms with Crippen LogP contribution in [0, 0.1) is 10.1 Å². The van der Waals surface area contributed by atoms with E-state index in [-0.39, 0.29) is 16.3 Å². The van der Waals surface area contributed by atoms with Gasteiger partial charge in [0, 0.05) is 16.8 Å². The summed E-state index contributed by atoms with van der Waals surface area (Å²) in [5.74, 6) is -0.115. The predicted octanol–water partition coefficient (Wildman–Crippen LogP) is 3.06. The van der Waals surface area contributed by atoms with Gasteiger partial charge < -0.3 is 4.74 Å². The van der Waals surface area contributed by atoms with Crippen LogP contribution in [-0.4, -0.2) is 20.5 Å². The number of nitro groups is 1. The van der Waals surface area contributed by atoms with E-state index in [1.165, 1.54) is 31.4 Å². The Morgan fingerprint density at radius 3 is 2.36 bits per heavy atom. The van der Waals surface area contributed by atoms with Gasteiger partial charge in [-0.3, -0.25) is 14.8 Å². The molecule has 2 rings (SSSR count). The number of hydrogen-bond acceptors (Lipinski definition) is 5. The molecule has 1 N–H and O–H groups in total. The summed E-state index contributed by atoms with van der Waals surface area (Å²) in [6.45, 7) is 0. The van der Waals surface area contributed by atoms with Crippen LogP contribution in [0.3, 0.4) is 0 Å². The summed E-state index contributed by atoms with van der Waals surface area (Å²) in [7, 11) is -2.72. The number of anilines is 1. The summed E-state index contributed by atoms with van der Waals surface area (Å²) in [4.78, 5) is 9.89. The maximum atomic E-state index is 12.4. The van der Waals surface area contributed by atoms with E-state index in [1.54, 1.807) is 0 Å². The summed E-state index contributed by atoms with van der Waals surface area (Å²) >= 11 is 5.73. The third-order valence-corrected chi connectivity index (χ3v) is 4.42. The molecule has 0 atom stereocenters. The minimum Gasteiger partial charge on any atom is -0.495 e. The second-order valence-corrected chi connectivity index (χ2v) is 6.29. The molecular formula is C13H11ClN2O5S. The van der Waals surface area contributed by atoms with E-state index < -0.39 is 14.9 Å². The third-order valence-electron chi connectivity index (χ3n) is 2.74. The minimum absolute atomic E-state index is 0.115. The molecule has 0 bridgehead atoms. The van der Waals surface area contributed by atoms with Crippen LogP contribution in [0.25, 0.3) is 0 Å². The SMILES string of the molecule is COc1cc([N+](=O)[O-])ccc1S(=O)(=O)Nc1ccc(Cl)cc1. The van der Waals surface area contributed by atoms with Crippen molar-refractivity contribution in [3.05, 3.63) is 57.6 Å². The fourth-order valence-electron chi connectivity index (χ4n) is 1.72. The molecule has 0 fully saturated rings. The Balaban J connectivity index is 2.40. The van der Waals surface area contributed by atoms with Crippen molar-refractivity contribution in [2.45, 2.75) is 4.90 Å². The highest BCUT2D eigenvalue weighted by Crippen LogP contribution is 2.29. The van der Waals surface area contributed by atoms with E-state index in [1.807, 2.05) is 0 Å². The number of sulfonamides is 1. The zero-order chi connectivity index (χ0) is 16.3. The van der Waals surface area contributed by atoms with Gasteiger partial charge >= 0.3 is 0 Å². The Morgan fingerprint density at radius 1 is 1.18 bits per heavy atom. The first kappa shape index (κ1) is 16.1. The zero-order valence-corrected chi connectivity index (χ0v) is 12.9. The van der Waals surface area contributed by atoms with Gasteiger partial charge in [0.05, 0.1) is 18.1 Å². The van der Waals surface area contributed by atoms with Gasteiger partial charge in [0.25, 0.3) is 15.7 Å². The minimum atomic E-state index is -3.95. The monoisotopic (exact) mass is 342 g/mol. The van der Waals surface area contributed by atoms with Crippen LogP contribution in [0.4, 0.5) is 11.4 Å². The van der Waals surface area contributed by atoms with Crippen LogP contribution >= 0.6 is 11.6 Å². The summed E-state index contributed by atoms with van der Waals surface area (Å²) in [5.41, 5.74) is 0.0482. The number of nitro benzene ring substituents is 1. The zero-order valence-electron chi connectivity index (χ0n) is 11.3. The second-order valence-electron chi connectivity index (χ2n) is 4.20. The van der Waals surface area contributed by atoms with Gasteiger partial charge in [0.15, 0.2) is 0 Å². The Morgan fingerprint density at radius 2 is 1.82 bits per heavy atom. The molecular weight excluding hydrogens is 332 g/mol. The number of non-ortho nitro benzene ring substituents is 1. The van der Waals surface area contributed by atoms with E-state index in [2.05, 4.69) is 4.72 Å². The Hall–Kier alpha value is -2.32. The normalized spacial score (nSPS) is 11.0. The van der Waals surface area contributed by atoms with Gasteiger partial charge in [0.2, 0.25) is 0 Å². The van der Waals surface area contributed by atoms with Crippen molar-refractivity contribution in [1.82, 2.24) is 0 Å². The van der Waals surface area contributed by atoms with Gasteiger partial charge in [-0.2, -0.15) is 0 Å². The molecule has 22 heavy (non-hydrogen) atoms. The lowest BCUT2D eigenvalue weighted by atomic mass is 10.3. The van der Waals surface area contributed by atoms with Crippen LogP contribution in [-0.2, 0) is 10.0 Å². The molecule has 116 valence electrons. The van der Waals surface area contributed by atoms with E-state index in [4.69, 9.17) is 16.3 Å². The van der Waals surface area contributed by atoms with E-state index >= 15 is 0 Å². The maximum Gasteiger partial charge on any atom is 0.273 e. The Kier molecular flexibility index (Phi) is 4.53. The van der Waals surface area contributed by atoms with E-state index in [9.17, 15) is 18.5 Å². The molecule has 9 heteroatoms. The molecule has 0 saturated carbocycles. The van der Waals surface area contributed by atoms with Crippen LogP contribution in [0.5, 0.6) is 5.75 Å². The lowest BCUT2D eigenvalue weighted by Crippen LogP contribution is -2.14. The number of ether oxygens (including phenoxy) is 1. The van der Waals surface area contributed by atoms with Crippen molar-refractivity contribution in [3.8, 4) is 5.75 Å². The predicted molar refractivity (Wildman–Crippen MR) is 81.9 cm³/mol. The standard InChI is InChI=1S/C13H11ClN2O5S/c1-21-12-8-11(16(17)18)6-7-13(12)22(19,20)15-10-4-2-9(14)3-5-10/h2-8,15H,1H3. The third kappa shape index (κ3) is 3.46. The van der Waals surface area contributed by atoms with Gasteiger partial charge in [-0.1, -0.05) is 11.6 Å². The number of hydrogen-bond donors (Lipinski definition) is 1. The molecule has 0 unspecified atom stereocenters. The van der Waals surface area contributed by atoms with Gasteiger partial charge in [0.1, 0.15) is 10.6 Å². The molecule has 0 amide bonds. The smallest absolute Gasteiger partial charge is 0.273 e. The number of nitrogens with one attached hydrogen (secondary N) is 1. The second kappa shape index (κ2) is 6.20. The topological polar surface area (TPSA) is 98.5 Å². The molecule has 2 aromatic rings.